The van der Waals surface area contributed by atoms with E-state index in [1.165, 1.54) is 19.1 Å². The maximum absolute atomic E-state index is 14.6. The van der Waals surface area contributed by atoms with Crippen molar-refractivity contribution in [1.82, 2.24) is 63.8 Å². The lowest BCUT2D eigenvalue weighted by molar-refractivity contribution is -0.144. The third kappa shape index (κ3) is 24.1. The molecule has 2 heterocycles. The molecule has 10 atom stereocenters. The summed E-state index contributed by atoms with van der Waals surface area (Å²) in [5.41, 5.74) is 23.1. The van der Waals surface area contributed by atoms with Gasteiger partial charge in [-0.25, -0.2) is 4.79 Å². The number of phenols is 1. The van der Waals surface area contributed by atoms with Crippen LogP contribution in [0, 0.1) is 5.92 Å². The molecule has 3 rings (SSSR count). The number of aromatic hydroxyl groups is 1. The standard InChI is InChI=1S/C51H85N15O14S/c1-28(2)42(51(79)80)62-48(76)37-17-18-39(69)56-23-19-40(70)55-22-9-6-12-36(47(75)63-43(29(3)67)49(77)60-37)59-45(73)34(10-4-7-20-52)57-26-31(24-30-13-15-32(68)16-14-30)66-50(78)38(25-41(71)64-65-66)61-46(74)35(11-5-8-21-53)58-44(72)33(54)27-81/h13-16,28-29,31,33-38,42-43,57,65,67-68,81H,4-12,17-27,52-54H2,1-3H3,(H,55,70)(H,56,69)(H,58,72)(H,59,73)(H,60,77)(H,61,74)(H,62,76)(H,63,75)(H,64,71)(H,79,80)/t29?,31?,33-,34-,35?,36-,37-,38-,42-,43-/m0/s1. The molecular formula is C51H85N15O14S. The number of aliphatic carboxylic acids is 1. The van der Waals surface area contributed by atoms with Gasteiger partial charge in [-0.3, -0.25) is 58.4 Å². The van der Waals surface area contributed by atoms with E-state index in [0.29, 0.717) is 44.2 Å². The van der Waals surface area contributed by atoms with E-state index in [0.717, 1.165) is 5.01 Å². The van der Waals surface area contributed by atoms with Crippen molar-refractivity contribution in [2.24, 2.45) is 23.1 Å². The van der Waals surface area contributed by atoms with Crippen LogP contribution in [-0.4, -0.2) is 184 Å². The minimum Gasteiger partial charge on any atom is -0.508 e. The largest absolute Gasteiger partial charge is 0.508 e. The fraction of sp³-hybridized carbons (Fsp3) is 0.667. The summed E-state index contributed by atoms with van der Waals surface area (Å²) in [7, 11) is 0. The van der Waals surface area contributed by atoms with E-state index in [2.05, 4.69) is 71.4 Å². The normalized spacial score (nSPS) is 21.5. The number of nitrogens with one attached hydrogen (secondary N) is 11. The van der Waals surface area contributed by atoms with Gasteiger partial charge < -0.3 is 80.4 Å². The van der Waals surface area contributed by atoms with E-state index in [4.69, 9.17) is 17.2 Å². The Labute approximate surface area is 476 Å². The molecule has 0 radical (unpaired) electrons. The first-order chi connectivity index (χ1) is 38.5. The Bertz CT molecular complexity index is 2280. The van der Waals surface area contributed by atoms with E-state index in [1.54, 1.807) is 26.0 Å². The summed E-state index contributed by atoms with van der Waals surface area (Å²) in [5, 5.41) is 55.6. The highest BCUT2D eigenvalue weighted by atomic mass is 32.1. The number of carboxylic acid groups (broad SMARTS) is 1. The zero-order valence-electron chi connectivity index (χ0n) is 46.3. The summed E-state index contributed by atoms with van der Waals surface area (Å²) in [6.45, 7) is 4.74. The van der Waals surface area contributed by atoms with Gasteiger partial charge in [0.1, 0.15) is 42.0 Å². The Kier molecular flexibility index (Phi) is 30.4. The van der Waals surface area contributed by atoms with Gasteiger partial charge >= 0.3 is 5.97 Å². The van der Waals surface area contributed by atoms with Crippen LogP contribution >= 0.6 is 12.6 Å². The molecule has 10 amide bonds. The lowest BCUT2D eigenvalue weighted by Gasteiger charge is -2.34. The summed E-state index contributed by atoms with van der Waals surface area (Å²) >= 11 is 4.07. The predicted octanol–water partition coefficient (Wildman–Crippen LogP) is -4.84. The molecule has 30 heteroatoms. The third-order valence-electron chi connectivity index (χ3n) is 13.4. The summed E-state index contributed by atoms with van der Waals surface area (Å²) < 4.78 is 0. The number of hydrogen-bond acceptors (Lipinski definition) is 19. The molecule has 0 aliphatic carbocycles. The van der Waals surface area contributed by atoms with E-state index in [-0.39, 0.29) is 89.0 Å². The molecule has 3 unspecified atom stereocenters. The SMILES string of the molecule is CC(C)[C@H](NC(=O)[C@@H]1CCC(=O)NCCC(=O)NCCCC[C@H](NC(=O)[C@H](CCCCN)NCC(Cc2ccc(O)cc2)N2NNC(=O)C[C@H](NC(=O)C(CCCCN)NC(=O)[C@@H](N)CS)C2=O)C(=O)N[C@@H](C(C)O)C(=O)N1)C(=O)O. The maximum atomic E-state index is 14.6. The number of amides is 10. The molecule has 2 aliphatic rings. The molecule has 1 aromatic rings. The van der Waals surface area contributed by atoms with E-state index in [9.17, 15) is 68.1 Å². The fourth-order valence-corrected chi connectivity index (χ4v) is 8.84. The van der Waals surface area contributed by atoms with Gasteiger partial charge in [-0.1, -0.05) is 32.4 Å². The molecule has 0 aromatic heterocycles. The molecule has 1 aromatic carbocycles. The van der Waals surface area contributed by atoms with Crippen LogP contribution in [0.2, 0.25) is 0 Å². The van der Waals surface area contributed by atoms with Gasteiger partial charge in [0.15, 0.2) is 0 Å². The summed E-state index contributed by atoms with van der Waals surface area (Å²) in [4.78, 5) is 148. The van der Waals surface area contributed by atoms with Crippen LogP contribution in [0.15, 0.2) is 24.3 Å². The van der Waals surface area contributed by atoms with Crippen molar-refractivity contribution in [1.29, 1.82) is 0 Å². The van der Waals surface area contributed by atoms with Crippen LogP contribution in [0.25, 0.3) is 0 Å². The Balaban J connectivity index is 2.00. The summed E-state index contributed by atoms with van der Waals surface area (Å²) in [6, 6.07) is -5.86. The van der Waals surface area contributed by atoms with Gasteiger partial charge in [-0.15, -0.1) is 5.53 Å². The number of benzene rings is 1. The number of carbonyl (C=O) groups is 11. The van der Waals surface area contributed by atoms with Crippen molar-refractivity contribution >= 4 is 77.7 Å². The number of thiol groups is 1. The number of unbranched alkanes of at least 4 members (excludes halogenated alkanes) is 2. The number of aliphatic hydroxyl groups is 1. The lowest BCUT2D eigenvalue weighted by atomic mass is 10.0. The van der Waals surface area contributed by atoms with E-state index in [1.807, 2.05) is 0 Å². The summed E-state index contributed by atoms with van der Waals surface area (Å²) in [6.07, 6.45) is -0.423. The number of carbonyl (C=O) groups excluding carboxylic acids is 10. The minimum absolute atomic E-state index is 0.0203. The van der Waals surface area contributed by atoms with E-state index < -0.39 is 138 Å². The lowest BCUT2D eigenvalue weighted by Crippen LogP contribution is -2.63. The molecular weight excluding hydrogens is 1080 g/mol. The molecule has 454 valence electrons. The van der Waals surface area contributed by atoms with Crippen molar-refractivity contribution in [3.8, 4) is 5.75 Å². The van der Waals surface area contributed by atoms with Crippen LogP contribution in [-0.2, 0) is 59.2 Å². The fourth-order valence-electron chi connectivity index (χ4n) is 8.67. The highest BCUT2D eigenvalue weighted by Gasteiger charge is 2.39. The maximum Gasteiger partial charge on any atom is 0.326 e. The average Bonchev–Trinajstić information content (AvgIpc) is 3.58. The van der Waals surface area contributed by atoms with Crippen LogP contribution in [0.4, 0.5) is 0 Å². The molecule has 20 N–H and O–H groups in total. The van der Waals surface area contributed by atoms with Gasteiger partial charge in [0.2, 0.25) is 53.2 Å². The van der Waals surface area contributed by atoms with Crippen molar-refractivity contribution < 1.29 is 68.1 Å². The van der Waals surface area contributed by atoms with Gasteiger partial charge in [0.05, 0.1) is 30.7 Å². The molecule has 81 heavy (non-hydrogen) atoms. The topological polar surface area (TPSA) is 462 Å². The number of hydrazine groups is 2. The van der Waals surface area contributed by atoms with Gasteiger partial charge in [0, 0.05) is 38.2 Å². The number of hydrogen-bond donors (Lipinski definition) is 18. The van der Waals surface area contributed by atoms with Crippen LogP contribution in [0.5, 0.6) is 5.75 Å². The number of nitrogens with zero attached hydrogens (tertiary/aromatic N) is 1. The molecule has 0 spiro atoms. The molecule has 0 bridgehead atoms. The number of phenolic OH excluding ortho intramolecular Hbond substituents is 1. The second-order valence-corrected chi connectivity index (χ2v) is 20.8. The van der Waals surface area contributed by atoms with Gasteiger partial charge in [0.25, 0.3) is 5.91 Å². The first-order valence-electron chi connectivity index (χ1n) is 27.4. The van der Waals surface area contributed by atoms with Crippen LogP contribution in [0.3, 0.4) is 0 Å². The number of aliphatic hydroxyl groups excluding tert-OH is 1. The number of rotatable bonds is 26. The molecule has 2 fully saturated rings. The monoisotopic (exact) mass is 1160 g/mol. The zero-order valence-corrected chi connectivity index (χ0v) is 47.2. The minimum atomic E-state index is -1.76. The zero-order chi connectivity index (χ0) is 60.2. The third-order valence-corrected chi connectivity index (χ3v) is 13.8. The Morgan fingerprint density at radius 3 is 1.99 bits per heavy atom. The molecule has 0 saturated carbocycles. The summed E-state index contributed by atoms with van der Waals surface area (Å²) in [5.74, 6) is -9.62. The van der Waals surface area contributed by atoms with E-state index >= 15 is 0 Å². The van der Waals surface area contributed by atoms with Crippen molar-refractivity contribution in [2.75, 3.05) is 38.5 Å². The number of carboxylic acids is 1. The predicted molar refractivity (Wildman–Crippen MR) is 297 cm³/mol. The highest BCUT2D eigenvalue weighted by Crippen LogP contribution is 2.17. The second kappa shape index (κ2) is 35.9. The smallest absolute Gasteiger partial charge is 0.326 e. The average molecular weight is 1160 g/mol. The Hall–Kier alpha value is -6.70. The quantitative estimate of drug-likeness (QED) is 0.0306. The Morgan fingerprint density at radius 2 is 1.37 bits per heavy atom. The van der Waals surface area contributed by atoms with Crippen molar-refractivity contribution in [3.05, 3.63) is 29.8 Å². The van der Waals surface area contributed by atoms with Crippen molar-refractivity contribution in [3.63, 3.8) is 0 Å². The first kappa shape index (κ1) is 68.6. The van der Waals surface area contributed by atoms with Crippen molar-refractivity contribution in [2.45, 2.75) is 171 Å². The molecule has 2 saturated heterocycles. The highest BCUT2D eigenvalue weighted by molar-refractivity contribution is 7.80. The second-order valence-electron chi connectivity index (χ2n) is 20.4. The first-order valence-corrected chi connectivity index (χ1v) is 28.0. The van der Waals surface area contributed by atoms with Gasteiger partial charge in [-0.05, 0) is 108 Å². The molecule has 29 nitrogen and oxygen atoms in total. The van der Waals surface area contributed by atoms with Crippen LogP contribution in [0.1, 0.15) is 110 Å². The molecule has 2 aliphatic heterocycles. The number of nitrogens with two attached hydrogens (primary N) is 3. The van der Waals surface area contributed by atoms with Gasteiger partial charge in [-0.2, -0.15) is 12.6 Å². The Morgan fingerprint density at radius 1 is 0.753 bits per heavy atom. The van der Waals surface area contributed by atoms with Crippen LogP contribution < -0.4 is 76.0 Å².